The van der Waals surface area contributed by atoms with Crippen molar-refractivity contribution in [2.75, 3.05) is 32.6 Å². The van der Waals surface area contributed by atoms with Crippen LogP contribution in [0.3, 0.4) is 0 Å². The van der Waals surface area contributed by atoms with E-state index in [9.17, 15) is 4.79 Å². The third-order valence-corrected chi connectivity index (χ3v) is 5.36. The summed E-state index contributed by atoms with van der Waals surface area (Å²) >= 11 is 1.44. The topological polar surface area (TPSA) is 63.7 Å². The van der Waals surface area contributed by atoms with E-state index in [1.807, 2.05) is 5.38 Å². The molecular formula is C19H25N3O3S. The monoisotopic (exact) mass is 375 g/mol. The number of nitrogens with one attached hydrogen (secondary N) is 1. The molecule has 140 valence electrons. The van der Waals surface area contributed by atoms with Crippen molar-refractivity contribution in [2.45, 2.75) is 26.3 Å². The van der Waals surface area contributed by atoms with Gasteiger partial charge in [-0.25, -0.2) is 4.98 Å². The standard InChI is InChI=1S/C19H25N3O3S/c1-13-5-4-8-22(10-13)11-14-12-26-19(20-14)21-18(23)16-9-15(24-2)6-7-17(16)25-3/h6-7,9,12-13H,4-5,8,10-11H2,1-3H3,(H,20,21,23). The third kappa shape index (κ3) is 4.53. The van der Waals surface area contributed by atoms with Gasteiger partial charge in [0.2, 0.25) is 0 Å². The molecule has 0 radical (unpaired) electrons. The summed E-state index contributed by atoms with van der Waals surface area (Å²) in [6, 6.07) is 5.15. The van der Waals surface area contributed by atoms with E-state index in [2.05, 4.69) is 22.1 Å². The van der Waals surface area contributed by atoms with Crippen molar-refractivity contribution in [1.82, 2.24) is 9.88 Å². The Hall–Kier alpha value is -2.12. The highest BCUT2D eigenvalue weighted by Gasteiger charge is 2.19. The van der Waals surface area contributed by atoms with E-state index in [-0.39, 0.29) is 5.91 Å². The van der Waals surface area contributed by atoms with Gasteiger partial charge < -0.3 is 9.47 Å². The summed E-state index contributed by atoms with van der Waals surface area (Å²) in [5.74, 6) is 1.59. The number of anilines is 1. The first-order valence-electron chi connectivity index (χ1n) is 8.79. The number of amides is 1. The molecular weight excluding hydrogens is 350 g/mol. The number of rotatable bonds is 6. The molecule has 1 N–H and O–H groups in total. The van der Waals surface area contributed by atoms with Crippen molar-refractivity contribution in [2.24, 2.45) is 5.92 Å². The Bertz CT molecular complexity index is 762. The van der Waals surface area contributed by atoms with E-state index in [0.29, 0.717) is 22.2 Å². The highest BCUT2D eigenvalue weighted by Crippen LogP contribution is 2.26. The zero-order valence-electron chi connectivity index (χ0n) is 15.4. The van der Waals surface area contributed by atoms with E-state index < -0.39 is 0 Å². The van der Waals surface area contributed by atoms with Crippen LogP contribution in [0.5, 0.6) is 11.5 Å². The molecule has 0 spiro atoms. The van der Waals surface area contributed by atoms with Crippen molar-refractivity contribution < 1.29 is 14.3 Å². The first-order valence-corrected chi connectivity index (χ1v) is 9.67. The quantitative estimate of drug-likeness (QED) is 0.835. The van der Waals surface area contributed by atoms with Crippen LogP contribution in [0, 0.1) is 5.92 Å². The summed E-state index contributed by atoms with van der Waals surface area (Å²) < 4.78 is 10.5. The minimum Gasteiger partial charge on any atom is -0.497 e. The van der Waals surface area contributed by atoms with Crippen LogP contribution in [0.4, 0.5) is 5.13 Å². The van der Waals surface area contributed by atoms with Crippen LogP contribution < -0.4 is 14.8 Å². The number of thiazole rings is 1. The molecule has 1 aliphatic rings. The Labute approximate surface area is 158 Å². The predicted molar refractivity (Wildman–Crippen MR) is 103 cm³/mol. The number of carbonyl (C=O) groups excluding carboxylic acids is 1. The van der Waals surface area contributed by atoms with Crippen molar-refractivity contribution in [3.05, 3.63) is 34.8 Å². The van der Waals surface area contributed by atoms with Gasteiger partial charge in [0, 0.05) is 18.5 Å². The van der Waals surface area contributed by atoms with Gasteiger partial charge >= 0.3 is 0 Å². The molecule has 2 aromatic rings. The van der Waals surface area contributed by atoms with Gasteiger partial charge in [0.25, 0.3) is 5.91 Å². The molecule has 2 heterocycles. The minimum absolute atomic E-state index is 0.256. The average Bonchev–Trinajstić information content (AvgIpc) is 3.07. The van der Waals surface area contributed by atoms with E-state index in [4.69, 9.17) is 9.47 Å². The largest absolute Gasteiger partial charge is 0.497 e. The van der Waals surface area contributed by atoms with Crippen molar-refractivity contribution >= 4 is 22.4 Å². The molecule has 3 rings (SSSR count). The van der Waals surface area contributed by atoms with Crippen molar-refractivity contribution in [1.29, 1.82) is 0 Å². The maximum absolute atomic E-state index is 12.6. The first kappa shape index (κ1) is 18.7. The fourth-order valence-electron chi connectivity index (χ4n) is 3.25. The Morgan fingerprint density at radius 3 is 2.96 bits per heavy atom. The number of nitrogens with zero attached hydrogens (tertiary/aromatic N) is 2. The SMILES string of the molecule is COc1ccc(OC)c(C(=O)Nc2nc(CN3CCCC(C)C3)cs2)c1. The highest BCUT2D eigenvalue weighted by atomic mass is 32.1. The first-order chi connectivity index (χ1) is 12.6. The molecule has 26 heavy (non-hydrogen) atoms. The summed E-state index contributed by atoms with van der Waals surface area (Å²) in [6.45, 7) is 5.35. The number of aromatic nitrogens is 1. The molecule has 7 heteroatoms. The van der Waals surface area contributed by atoms with Gasteiger partial charge in [-0.3, -0.25) is 15.0 Å². The lowest BCUT2D eigenvalue weighted by atomic mass is 10.0. The second kappa shape index (κ2) is 8.51. The lowest BCUT2D eigenvalue weighted by molar-refractivity contribution is 0.102. The van der Waals surface area contributed by atoms with Crippen molar-refractivity contribution in [3.8, 4) is 11.5 Å². The smallest absolute Gasteiger partial charge is 0.261 e. The summed E-state index contributed by atoms with van der Waals surface area (Å²) in [6.07, 6.45) is 2.54. The van der Waals surface area contributed by atoms with E-state index in [1.165, 1.54) is 24.2 Å². The fraction of sp³-hybridized carbons (Fsp3) is 0.474. The Morgan fingerprint density at radius 1 is 1.38 bits per heavy atom. The van der Waals surface area contributed by atoms with Crippen LogP contribution in [0.15, 0.2) is 23.6 Å². The van der Waals surface area contributed by atoms with Crippen LogP contribution >= 0.6 is 11.3 Å². The molecule has 1 unspecified atom stereocenters. The van der Waals surface area contributed by atoms with Gasteiger partial charge in [-0.05, 0) is 43.5 Å². The second-order valence-corrected chi connectivity index (χ2v) is 7.50. The summed E-state index contributed by atoms with van der Waals surface area (Å²) in [5.41, 5.74) is 1.42. The lowest BCUT2D eigenvalue weighted by Crippen LogP contribution is -2.33. The minimum atomic E-state index is -0.256. The van der Waals surface area contributed by atoms with Crippen LogP contribution in [0.2, 0.25) is 0 Å². The van der Waals surface area contributed by atoms with Gasteiger partial charge in [0.1, 0.15) is 11.5 Å². The number of carbonyl (C=O) groups is 1. The molecule has 1 aromatic carbocycles. The number of ether oxygens (including phenoxy) is 2. The number of benzene rings is 1. The van der Waals surface area contributed by atoms with Crippen LogP contribution in [0.1, 0.15) is 35.8 Å². The average molecular weight is 375 g/mol. The Balaban J connectivity index is 1.66. The second-order valence-electron chi connectivity index (χ2n) is 6.65. The van der Waals surface area contributed by atoms with E-state index in [1.54, 1.807) is 32.4 Å². The molecule has 1 fully saturated rings. The zero-order valence-corrected chi connectivity index (χ0v) is 16.3. The van der Waals surface area contributed by atoms with Gasteiger partial charge in [-0.15, -0.1) is 11.3 Å². The summed E-state index contributed by atoms with van der Waals surface area (Å²) in [4.78, 5) is 19.6. The van der Waals surface area contributed by atoms with Gasteiger partial charge in [-0.1, -0.05) is 6.92 Å². The zero-order chi connectivity index (χ0) is 18.5. The Morgan fingerprint density at radius 2 is 2.23 bits per heavy atom. The number of hydrogen-bond donors (Lipinski definition) is 1. The summed E-state index contributed by atoms with van der Waals surface area (Å²) in [5, 5.41) is 5.47. The molecule has 1 amide bonds. The van der Waals surface area contributed by atoms with Gasteiger partial charge in [0.05, 0.1) is 25.5 Å². The highest BCUT2D eigenvalue weighted by molar-refractivity contribution is 7.14. The van der Waals surface area contributed by atoms with Crippen LogP contribution in [-0.2, 0) is 6.54 Å². The molecule has 1 aliphatic heterocycles. The molecule has 0 aliphatic carbocycles. The lowest BCUT2D eigenvalue weighted by Gasteiger charge is -2.30. The third-order valence-electron chi connectivity index (χ3n) is 4.55. The predicted octanol–water partition coefficient (Wildman–Crippen LogP) is 3.64. The fourth-order valence-corrected chi connectivity index (χ4v) is 3.95. The molecule has 1 aromatic heterocycles. The van der Waals surface area contributed by atoms with Gasteiger partial charge in [-0.2, -0.15) is 0 Å². The number of methoxy groups -OCH3 is 2. The van der Waals surface area contributed by atoms with Crippen LogP contribution in [-0.4, -0.2) is 43.1 Å². The molecule has 1 saturated heterocycles. The van der Waals surface area contributed by atoms with Crippen LogP contribution in [0.25, 0.3) is 0 Å². The maximum Gasteiger partial charge on any atom is 0.261 e. The maximum atomic E-state index is 12.6. The molecule has 6 nitrogen and oxygen atoms in total. The number of likely N-dealkylation sites (tertiary alicyclic amines) is 1. The molecule has 1 atom stereocenters. The Kier molecular flexibility index (Phi) is 6.11. The van der Waals surface area contributed by atoms with E-state index >= 15 is 0 Å². The summed E-state index contributed by atoms with van der Waals surface area (Å²) in [7, 11) is 3.11. The van der Waals surface area contributed by atoms with Gasteiger partial charge in [0.15, 0.2) is 5.13 Å². The molecule has 0 saturated carbocycles. The number of hydrogen-bond acceptors (Lipinski definition) is 6. The van der Waals surface area contributed by atoms with Crippen molar-refractivity contribution in [3.63, 3.8) is 0 Å². The van der Waals surface area contributed by atoms with E-state index in [0.717, 1.165) is 31.2 Å². The normalized spacial score (nSPS) is 17.7. The number of piperidine rings is 1. The molecule has 0 bridgehead atoms.